The molecule has 0 amide bonds. The van der Waals surface area contributed by atoms with E-state index in [0.29, 0.717) is 10.8 Å². The summed E-state index contributed by atoms with van der Waals surface area (Å²) in [6, 6.07) is 7.00. The number of rotatable bonds is 7. The zero-order valence-electron chi connectivity index (χ0n) is 24.7. The van der Waals surface area contributed by atoms with Gasteiger partial charge in [0.1, 0.15) is 28.9 Å². The molecule has 0 saturated carbocycles. The van der Waals surface area contributed by atoms with E-state index in [4.69, 9.17) is 5.73 Å². The number of hydrogen-bond acceptors (Lipinski definition) is 11. The lowest BCUT2D eigenvalue weighted by atomic mass is 10.2. The average Bonchev–Trinajstić information content (AvgIpc) is 3.03. The highest BCUT2D eigenvalue weighted by molar-refractivity contribution is 7.89. The number of sulfonamides is 1. The molecule has 3 heterocycles. The minimum atomic E-state index is -4.99. The zero-order valence-corrected chi connectivity index (χ0v) is 25.6. The van der Waals surface area contributed by atoms with Crippen molar-refractivity contribution in [1.29, 1.82) is 0 Å². The van der Waals surface area contributed by atoms with Crippen LogP contribution in [0.5, 0.6) is 11.5 Å². The normalized spacial score (nSPS) is 16.0. The lowest BCUT2D eigenvalue weighted by molar-refractivity contribution is -0.275. The Hall–Kier alpha value is -5.03. The fraction of sp³-hybridized carbons (Fsp3) is 0.296. The van der Waals surface area contributed by atoms with Crippen LogP contribution >= 0.6 is 0 Å². The third kappa shape index (κ3) is 9.78. The minimum Gasteiger partial charge on any atom is -0.480 e. The van der Waals surface area contributed by atoms with Crippen molar-refractivity contribution in [3.8, 4) is 11.5 Å². The lowest BCUT2D eigenvalue weighted by Gasteiger charge is -2.38. The molecular weight excluding hydrogens is 721 g/mol. The highest BCUT2D eigenvalue weighted by Gasteiger charge is 2.41. The maximum atomic E-state index is 13.1. The topological polar surface area (TPSA) is 174 Å². The summed E-state index contributed by atoms with van der Waals surface area (Å²) in [6.45, 7) is -0.680. The molecule has 23 heteroatoms. The van der Waals surface area contributed by atoms with Crippen LogP contribution < -0.4 is 20.1 Å². The molecule has 2 aromatic carbocycles. The Balaban J connectivity index is 0.000000363. The van der Waals surface area contributed by atoms with E-state index in [9.17, 15) is 57.8 Å². The number of piperazine rings is 1. The van der Waals surface area contributed by atoms with E-state index in [1.165, 1.54) is 29.2 Å². The number of carboxylic acids is 1. The van der Waals surface area contributed by atoms with Crippen LogP contribution in [-0.2, 0) is 27.5 Å². The molecule has 1 atom stereocenters. The summed E-state index contributed by atoms with van der Waals surface area (Å²) in [5.74, 6) is -3.93. The van der Waals surface area contributed by atoms with E-state index >= 15 is 0 Å². The van der Waals surface area contributed by atoms with E-state index in [0.717, 1.165) is 42.2 Å². The Kier molecular flexibility index (Phi) is 10.9. The largest absolute Gasteiger partial charge is 0.573 e. The Morgan fingerprint density at radius 2 is 1.40 bits per heavy atom. The molecule has 1 aliphatic heterocycles. The fourth-order valence-corrected chi connectivity index (χ4v) is 5.90. The summed E-state index contributed by atoms with van der Waals surface area (Å²) >= 11 is 0. The second-order valence-corrected chi connectivity index (χ2v) is 11.8. The number of alkyl halides is 9. The second kappa shape index (κ2) is 14.4. The predicted octanol–water partition coefficient (Wildman–Crippen LogP) is 4.35. The molecule has 0 radical (unpaired) electrons. The summed E-state index contributed by atoms with van der Waals surface area (Å²) in [5, 5.41) is 9.69. The number of ether oxygens (including phenoxy) is 2. The van der Waals surface area contributed by atoms with Gasteiger partial charge in [0.05, 0.1) is 17.3 Å². The first-order valence-corrected chi connectivity index (χ1v) is 15.1. The van der Waals surface area contributed by atoms with Gasteiger partial charge in [-0.05, 0) is 42.0 Å². The van der Waals surface area contributed by atoms with Crippen molar-refractivity contribution in [2.75, 3.05) is 24.5 Å². The van der Waals surface area contributed by atoms with Crippen LogP contribution in [0.2, 0.25) is 0 Å². The lowest BCUT2D eigenvalue weighted by Crippen LogP contribution is -2.58. The molecule has 1 aliphatic rings. The molecule has 1 saturated heterocycles. The van der Waals surface area contributed by atoms with Crippen LogP contribution in [0, 0.1) is 0 Å². The van der Waals surface area contributed by atoms with Gasteiger partial charge in [-0.15, -0.1) is 26.3 Å². The molecule has 0 spiro atoms. The highest BCUT2D eigenvalue weighted by atomic mass is 32.2. The van der Waals surface area contributed by atoms with Crippen LogP contribution in [0.4, 0.5) is 45.3 Å². The molecule has 13 nitrogen and oxygen atoms in total. The van der Waals surface area contributed by atoms with Gasteiger partial charge in [-0.2, -0.15) is 17.5 Å². The third-order valence-corrected chi connectivity index (χ3v) is 8.46. The zero-order chi connectivity index (χ0) is 37.1. The van der Waals surface area contributed by atoms with Crippen molar-refractivity contribution in [2.24, 2.45) is 5.73 Å². The van der Waals surface area contributed by atoms with E-state index in [1.807, 2.05) is 0 Å². The number of benzene rings is 2. The van der Waals surface area contributed by atoms with Crippen molar-refractivity contribution in [3.05, 3.63) is 72.3 Å². The second-order valence-electron chi connectivity index (χ2n) is 9.96. The Labute approximate surface area is 275 Å². The van der Waals surface area contributed by atoms with Crippen molar-refractivity contribution in [1.82, 2.24) is 24.2 Å². The van der Waals surface area contributed by atoms with Gasteiger partial charge in [-0.3, -0.25) is 4.79 Å². The van der Waals surface area contributed by atoms with Crippen molar-refractivity contribution in [3.63, 3.8) is 0 Å². The van der Waals surface area contributed by atoms with Gasteiger partial charge in [0.25, 0.3) is 0 Å². The number of aliphatic carboxylic acids is 1. The number of fused-ring (bicyclic) bond motifs is 1. The summed E-state index contributed by atoms with van der Waals surface area (Å²) in [6.07, 6.45) is -12.5. The third-order valence-electron chi connectivity index (χ3n) is 6.54. The monoisotopic (exact) mass is 743 g/mol. The number of nitrogens with zero attached hydrogens (tertiary/aromatic N) is 6. The number of carbonyl (C=O) groups is 1. The molecule has 4 aromatic rings. The first-order valence-electron chi connectivity index (χ1n) is 13.6. The number of aromatic nitrogens is 4. The number of hydrogen-bond donors (Lipinski definition) is 2. The van der Waals surface area contributed by atoms with Crippen LogP contribution in [-0.4, -0.2) is 82.1 Å². The first kappa shape index (κ1) is 37.8. The molecule has 3 N–H and O–H groups in total. The molecule has 0 unspecified atom stereocenters. The maximum absolute atomic E-state index is 13.1. The molecule has 270 valence electrons. The molecular formula is C27H22F9N7O6S. The van der Waals surface area contributed by atoms with Crippen molar-refractivity contribution >= 4 is 33.0 Å². The van der Waals surface area contributed by atoms with E-state index in [2.05, 4.69) is 29.4 Å². The first-order chi connectivity index (χ1) is 23.2. The van der Waals surface area contributed by atoms with Gasteiger partial charge >= 0.3 is 24.9 Å². The summed E-state index contributed by atoms with van der Waals surface area (Å²) in [4.78, 5) is 27.2. The van der Waals surface area contributed by atoms with Gasteiger partial charge in [0.15, 0.2) is 5.65 Å². The van der Waals surface area contributed by atoms with Gasteiger partial charge in [0, 0.05) is 26.2 Å². The number of nitrogens with two attached hydrogens (primary N) is 1. The molecule has 0 bridgehead atoms. The van der Waals surface area contributed by atoms with Gasteiger partial charge < -0.3 is 25.2 Å². The van der Waals surface area contributed by atoms with E-state index in [-0.39, 0.29) is 23.6 Å². The molecule has 50 heavy (non-hydrogen) atoms. The standard InChI is InChI=1S/C19H14F6N6O5S.C8H8F3NO/c20-18(21,22)17-27-7-12-15(29-17)28-14(8-26-12)30-5-6-31(13(9-30)16(32)33)37(34,35)11-3-1-10(2-4-11)36-19(23,24)25;9-8(10,11)13-7-3-1-6(5-12)2-4-7/h1-4,7-8,13H,5-6,9H2,(H,32,33);1-4H,5,12H2/t13-;/m1./s1. The number of halogens is 9. The highest BCUT2D eigenvalue weighted by Crippen LogP contribution is 2.30. The quantitative estimate of drug-likeness (QED) is 0.257. The van der Waals surface area contributed by atoms with Crippen LogP contribution in [0.1, 0.15) is 11.4 Å². The minimum absolute atomic E-state index is 0.0451. The Bertz CT molecular complexity index is 1910. The molecule has 1 fully saturated rings. The molecule has 0 aliphatic carbocycles. The van der Waals surface area contributed by atoms with E-state index in [1.54, 1.807) is 0 Å². The van der Waals surface area contributed by atoms with E-state index < -0.39 is 76.1 Å². The molecule has 2 aromatic heterocycles. The summed E-state index contributed by atoms with van der Waals surface area (Å²) in [7, 11) is -4.47. The average molecular weight is 744 g/mol. The van der Waals surface area contributed by atoms with Crippen molar-refractivity contribution < 1.29 is 67.3 Å². The number of anilines is 1. The summed E-state index contributed by atoms with van der Waals surface area (Å²) in [5.41, 5.74) is 5.57. The molecule has 5 rings (SSSR count). The van der Waals surface area contributed by atoms with Crippen LogP contribution in [0.15, 0.2) is 65.8 Å². The van der Waals surface area contributed by atoms with Gasteiger partial charge in [-0.25, -0.2) is 28.4 Å². The summed E-state index contributed by atoms with van der Waals surface area (Å²) < 4.78 is 145. The predicted molar refractivity (Wildman–Crippen MR) is 152 cm³/mol. The Morgan fingerprint density at radius 3 is 1.90 bits per heavy atom. The smallest absolute Gasteiger partial charge is 0.480 e. The maximum Gasteiger partial charge on any atom is 0.573 e. The number of carboxylic acid groups (broad SMARTS) is 1. The Morgan fingerprint density at radius 1 is 0.840 bits per heavy atom. The van der Waals surface area contributed by atoms with Gasteiger partial charge in [-0.1, -0.05) is 12.1 Å². The fourth-order valence-electron chi connectivity index (χ4n) is 4.33. The van der Waals surface area contributed by atoms with Crippen LogP contribution in [0.25, 0.3) is 11.2 Å². The van der Waals surface area contributed by atoms with Gasteiger partial charge in [0.2, 0.25) is 15.8 Å². The SMILES string of the molecule is NCc1ccc(OC(F)(F)F)cc1.O=C(O)[C@H]1CN(c2cnc3cnc(C(F)(F)F)nc3n2)CCN1S(=O)(=O)c1ccc(OC(F)(F)F)cc1. The van der Waals surface area contributed by atoms with Crippen LogP contribution in [0.3, 0.4) is 0 Å². The van der Waals surface area contributed by atoms with Crippen molar-refractivity contribution in [2.45, 2.75) is 36.4 Å².